The highest BCUT2D eigenvalue weighted by molar-refractivity contribution is 5.77. The number of aliphatic hydroxyl groups is 2. The van der Waals surface area contributed by atoms with Crippen LogP contribution < -0.4 is 0 Å². The molecule has 0 unspecified atom stereocenters. The van der Waals surface area contributed by atoms with Crippen LogP contribution in [0.15, 0.2) is 0 Å². The fourth-order valence-electron chi connectivity index (χ4n) is 1.75. The number of rotatable bonds is 0. The molecule has 1 aliphatic rings. The Labute approximate surface area is 106 Å². The molecule has 104 valence electrons. The molecule has 0 bridgehead atoms. The van der Waals surface area contributed by atoms with Crippen LogP contribution in [0.25, 0.3) is 0 Å². The average molecular weight is 260 g/mol. The molecular formula is C12H20O6. The molecule has 1 rings (SSSR count). The Morgan fingerprint density at radius 3 is 2.28 bits per heavy atom. The first-order valence-electron chi connectivity index (χ1n) is 6.30. The van der Waals surface area contributed by atoms with Crippen LogP contribution in [0.2, 0.25) is 0 Å². The Balaban J connectivity index is 2.46. The first-order valence-corrected chi connectivity index (χ1v) is 6.30. The largest absolute Gasteiger partial charge is 0.462 e. The van der Waals surface area contributed by atoms with Gasteiger partial charge in [-0.15, -0.1) is 0 Å². The van der Waals surface area contributed by atoms with E-state index in [-0.39, 0.29) is 25.6 Å². The van der Waals surface area contributed by atoms with Gasteiger partial charge >= 0.3 is 11.9 Å². The normalized spacial score (nSPS) is 23.7. The van der Waals surface area contributed by atoms with Crippen LogP contribution in [0.1, 0.15) is 44.9 Å². The first kappa shape index (κ1) is 14.9. The van der Waals surface area contributed by atoms with E-state index >= 15 is 0 Å². The topological polar surface area (TPSA) is 93.1 Å². The van der Waals surface area contributed by atoms with Crippen molar-refractivity contribution in [3.63, 3.8) is 0 Å². The van der Waals surface area contributed by atoms with Gasteiger partial charge in [0.2, 0.25) is 0 Å². The molecule has 0 aliphatic carbocycles. The summed E-state index contributed by atoms with van der Waals surface area (Å²) < 4.78 is 9.46. The summed E-state index contributed by atoms with van der Waals surface area (Å²) in [4.78, 5) is 22.5. The highest BCUT2D eigenvalue weighted by Crippen LogP contribution is 2.16. The van der Waals surface area contributed by atoms with Crippen molar-refractivity contribution in [2.24, 2.45) is 0 Å². The van der Waals surface area contributed by atoms with Crippen molar-refractivity contribution in [1.29, 1.82) is 0 Å². The van der Waals surface area contributed by atoms with Gasteiger partial charge in [-0.25, -0.2) is 4.79 Å². The van der Waals surface area contributed by atoms with Gasteiger partial charge in [-0.2, -0.15) is 0 Å². The van der Waals surface area contributed by atoms with Gasteiger partial charge in [0.1, 0.15) is 13.2 Å². The van der Waals surface area contributed by atoms with E-state index in [0.717, 1.165) is 25.7 Å². The van der Waals surface area contributed by atoms with E-state index in [9.17, 15) is 19.8 Å². The molecule has 1 aliphatic heterocycles. The second kappa shape index (κ2) is 7.33. The van der Waals surface area contributed by atoms with Crippen LogP contribution in [0.4, 0.5) is 0 Å². The molecule has 0 aromatic heterocycles. The minimum Gasteiger partial charge on any atom is -0.462 e. The lowest BCUT2D eigenvalue weighted by Gasteiger charge is -2.20. The lowest BCUT2D eigenvalue weighted by Crippen LogP contribution is -2.40. The molecular weight excluding hydrogens is 240 g/mol. The van der Waals surface area contributed by atoms with E-state index < -0.39 is 11.8 Å². The van der Waals surface area contributed by atoms with Gasteiger partial charge in [0, 0.05) is 12.8 Å². The zero-order valence-electron chi connectivity index (χ0n) is 10.4. The summed E-state index contributed by atoms with van der Waals surface area (Å²) in [6, 6.07) is 0. The van der Waals surface area contributed by atoms with E-state index in [1.54, 1.807) is 0 Å². The van der Waals surface area contributed by atoms with E-state index in [0.29, 0.717) is 12.8 Å². The summed E-state index contributed by atoms with van der Waals surface area (Å²) in [5.41, 5.74) is 0. The van der Waals surface area contributed by atoms with Gasteiger partial charge in [0.15, 0.2) is 0 Å². The molecule has 0 radical (unpaired) electrons. The summed E-state index contributed by atoms with van der Waals surface area (Å²) >= 11 is 0. The minimum atomic E-state index is -2.44. The Kier molecular flexibility index (Phi) is 6.07. The van der Waals surface area contributed by atoms with Crippen molar-refractivity contribution in [3.8, 4) is 0 Å². The second-order valence-corrected chi connectivity index (χ2v) is 4.44. The molecule has 0 atom stereocenters. The number of hydrogen-bond donors (Lipinski definition) is 2. The summed E-state index contributed by atoms with van der Waals surface area (Å²) in [7, 11) is 0. The first-order chi connectivity index (χ1) is 8.52. The van der Waals surface area contributed by atoms with Crippen molar-refractivity contribution in [3.05, 3.63) is 0 Å². The van der Waals surface area contributed by atoms with Gasteiger partial charge in [0.25, 0.3) is 5.79 Å². The standard InChI is InChI=1S/C12H20O6/c13-10-6-4-2-1-3-5-7-12(15,16)11(14)18-9-8-17-10/h15-16H,1-9H2. The maximum atomic E-state index is 11.3. The lowest BCUT2D eigenvalue weighted by atomic mass is 10.0. The molecule has 1 heterocycles. The predicted octanol–water partition coefficient (Wildman–Crippen LogP) is 0.498. The number of carbonyl (C=O) groups is 2. The molecule has 1 fully saturated rings. The second-order valence-electron chi connectivity index (χ2n) is 4.44. The quantitative estimate of drug-likeness (QED) is 0.486. The van der Waals surface area contributed by atoms with Crippen molar-refractivity contribution in [2.75, 3.05) is 13.2 Å². The molecule has 0 aromatic rings. The molecule has 1 saturated heterocycles. The molecule has 0 saturated carbocycles. The molecule has 6 nitrogen and oxygen atoms in total. The van der Waals surface area contributed by atoms with E-state index in [1.807, 2.05) is 0 Å². The van der Waals surface area contributed by atoms with Crippen LogP contribution in [0.3, 0.4) is 0 Å². The third-order valence-corrected chi connectivity index (χ3v) is 2.81. The summed E-state index contributed by atoms with van der Waals surface area (Å²) in [5.74, 6) is -3.84. The van der Waals surface area contributed by atoms with Crippen LogP contribution in [-0.4, -0.2) is 41.2 Å². The monoisotopic (exact) mass is 260 g/mol. The Morgan fingerprint density at radius 2 is 1.50 bits per heavy atom. The van der Waals surface area contributed by atoms with Gasteiger partial charge in [0.05, 0.1) is 0 Å². The summed E-state index contributed by atoms with van der Waals surface area (Å²) in [6.07, 6.45) is 4.20. The van der Waals surface area contributed by atoms with Crippen LogP contribution in [0, 0.1) is 0 Å². The highest BCUT2D eigenvalue weighted by atomic mass is 16.6. The number of ether oxygens (including phenoxy) is 2. The van der Waals surface area contributed by atoms with Crippen molar-refractivity contribution in [2.45, 2.75) is 50.7 Å². The zero-order valence-corrected chi connectivity index (χ0v) is 10.4. The predicted molar refractivity (Wildman–Crippen MR) is 61.4 cm³/mol. The fraction of sp³-hybridized carbons (Fsp3) is 0.833. The summed E-state index contributed by atoms with van der Waals surface area (Å²) in [5, 5.41) is 19.0. The van der Waals surface area contributed by atoms with Crippen LogP contribution in [-0.2, 0) is 19.1 Å². The minimum absolute atomic E-state index is 0.0361. The molecule has 18 heavy (non-hydrogen) atoms. The van der Waals surface area contributed by atoms with Gasteiger partial charge in [-0.05, 0) is 12.8 Å². The van der Waals surface area contributed by atoms with Crippen molar-refractivity contribution >= 4 is 11.9 Å². The Bertz CT molecular complexity index is 286. The molecule has 6 heteroatoms. The van der Waals surface area contributed by atoms with E-state index in [2.05, 4.69) is 4.74 Å². The number of cyclic esters (lactones) is 2. The van der Waals surface area contributed by atoms with Crippen molar-refractivity contribution in [1.82, 2.24) is 0 Å². The maximum Gasteiger partial charge on any atom is 0.366 e. The Morgan fingerprint density at radius 1 is 0.889 bits per heavy atom. The number of carbonyl (C=O) groups excluding carboxylic acids is 2. The smallest absolute Gasteiger partial charge is 0.366 e. The highest BCUT2D eigenvalue weighted by Gasteiger charge is 2.34. The van der Waals surface area contributed by atoms with Crippen LogP contribution >= 0.6 is 0 Å². The summed E-state index contributed by atoms with van der Waals surface area (Å²) in [6.45, 7) is -0.214. The molecule has 2 N–H and O–H groups in total. The average Bonchev–Trinajstić information content (AvgIpc) is 2.32. The Hall–Kier alpha value is -1.14. The maximum absolute atomic E-state index is 11.3. The SMILES string of the molecule is O=C1CCCCCCCC(O)(O)C(=O)OCCO1. The third-order valence-electron chi connectivity index (χ3n) is 2.81. The van der Waals surface area contributed by atoms with Gasteiger partial charge in [-0.1, -0.05) is 19.3 Å². The third kappa shape index (κ3) is 5.46. The van der Waals surface area contributed by atoms with Gasteiger partial charge in [-0.3, -0.25) is 4.79 Å². The van der Waals surface area contributed by atoms with Crippen molar-refractivity contribution < 1.29 is 29.3 Å². The lowest BCUT2D eigenvalue weighted by molar-refractivity contribution is -0.213. The molecule has 0 amide bonds. The van der Waals surface area contributed by atoms with E-state index in [4.69, 9.17) is 4.74 Å². The van der Waals surface area contributed by atoms with Crippen LogP contribution in [0.5, 0.6) is 0 Å². The molecule has 0 spiro atoms. The van der Waals surface area contributed by atoms with Gasteiger partial charge < -0.3 is 19.7 Å². The van der Waals surface area contributed by atoms with E-state index in [1.165, 1.54) is 0 Å². The zero-order chi connectivity index (χ0) is 13.4. The number of esters is 2. The number of hydrogen-bond acceptors (Lipinski definition) is 6. The fourth-order valence-corrected chi connectivity index (χ4v) is 1.75. The molecule has 0 aromatic carbocycles.